The lowest BCUT2D eigenvalue weighted by Crippen LogP contribution is -2.37. The summed E-state index contributed by atoms with van der Waals surface area (Å²) >= 11 is 14.2. The summed E-state index contributed by atoms with van der Waals surface area (Å²) < 4.78 is 23.4. The summed E-state index contributed by atoms with van der Waals surface area (Å²) in [7, 11) is -3.23. The summed E-state index contributed by atoms with van der Waals surface area (Å²) in [5.74, 6) is 0. The SMILES string of the molecule is C=C(Cc1ccc(S(C)(=O)=O)cc1)Nc1sc2c(c1C#N)CN(Cc1cc(Cl)ccc1Cl)C(C)C2. The van der Waals surface area contributed by atoms with Crippen LogP contribution in [0.4, 0.5) is 5.00 Å². The van der Waals surface area contributed by atoms with Gasteiger partial charge < -0.3 is 5.32 Å². The molecule has 0 bridgehead atoms. The van der Waals surface area contributed by atoms with Gasteiger partial charge in [-0.3, -0.25) is 4.90 Å². The van der Waals surface area contributed by atoms with Crippen LogP contribution in [0.1, 0.15) is 34.1 Å². The van der Waals surface area contributed by atoms with Crippen molar-refractivity contribution in [2.45, 2.75) is 43.8 Å². The van der Waals surface area contributed by atoms with E-state index < -0.39 is 9.84 Å². The van der Waals surface area contributed by atoms with Crippen LogP contribution in [0.5, 0.6) is 0 Å². The van der Waals surface area contributed by atoms with Crippen molar-refractivity contribution in [3.8, 4) is 6.07 Å². The molecular formula is C26H25Cl2N3O2S2. The van der Waals surface area contributed by atoms with E-state index in [1.165, 1.54) is 11.1 Å². The van der Waals surface area contributed by atoms with Gasteiger partial charge in [-0.2, -0.15) is 5.26 Å². The maximum absolute atomic E-state index is 11.7. The molecule has 1 N–H and O–H groups in total. The zero-order chi connectivity index (χ0) is 25.3. The second kappa shape index (κ2) is 10.3. The smallest absolute Gasteiger partial charge is 0.175 e. The predicted molar refractivity (Wildman–Crippen MR) is 144 cm³/mol. The molecule has 0 aliphatic carbocycles. The number of sulfone groups is 1. The fraction of sp³-hybridized carbons (Fsp3) is 0.269. The fourth-order valence-electron chi connectivity index (χ4n) is 4.21. The molecule has 1 aliphatic heterocycles. The molecule has 1 atom stereocenters. The Morgan fingerprint density at radius 1 is 1.26 bits per heavy atom. The molecule has 0 saturated heterocycles. The first-order chi connectivity index (χ1) is 16.5. The molecule has 0 saturated carbocycles. The van der Waals surface area contributed by atoms with Crippen molar-refractivity contribution in [1.82, 2.24) is 4.90 Å². The van der Waals surface area contributed by atoms with Crippen molar-refractivity contribution in [2.24, 2.45) is 0 Å². The first kappa shape index (κ1) is 25.7. The van der Waals surface area contributed by atoms with E-state index in [4.69, 9.17) is 23.2 Å². The number of fused-ring (bicyclic) bond motifs is 1. The van der Waals surface area contributed by atoms with Crippen LogP contribution in [-0.4, -0.2) is 25.6 Å². The molecule has 0 amide bonds. The molecule has 0 radical (unpaired) electrons. The number of nitrogens with zero attached hydrogens (tertiary/aromatic N) is 2. The van der Waals surface area contributed by atoms with E-state index in [1.54, 1.807) is 41.7 Å². The molecular weight excluding hydrogens is 521 g/mol. The van der Waals surface area contributed by atoms with Crippen LogP contribution in [-0.2, 0) is 35.8 Å². The van der Waals surface area contributed by atoms with Crippen LogP contribution in [0.15, 0.2) is 59.6 Å². The lowest BCUT2D eigenvalue weighted by atomic mass is 9.99. The van der Waals surface area contributed by atoms with Crippen molar-refractivity contribution in [1.29, 1.82) is 5.26 Å². The largest absolute Gasteiger partial charge is 0.350 e. The molecule has 2 heterocycles. The summed E-state index contributed by atoms with van der Waals surface area (Å²) in [5.41, 5.74) is 4.33. The molecule has 3 aromatic rings. The van der Waals surface area contributed by atoms with Crippen LogP contribution in [0, 0.1) is 11.3 Å². The minimum absolute atomic E-state index is 0.284. The quantitative estimate of drug-likeness (QED) is 0.369. The molecule has 2 aromatic carbocycles. The van der Waals surface area contributed by atoms with Crippen molar-refractivity contribution < 1.29 is 8.42 Å². The van der Waals surface area contributed by atoms with Gasteiger partial charge >= 0.3 is 0 Å². The van der Waals surface area contributed by atoms with Gasteiger partial charge in [0.05, 0.1) is 10.5 Å². The Morgan fingerprint density at radius 2 is 1.97 bits per heavy atom. The van der Waals surface area contributed by atoms with Crippen molar-refractivity contribution >= 4 is 49.4 Å². The van der Waals surface area contributed by atoms with E-state index in [-0.39, 0.29) is 10.9 Å². The summed E-state index contributed by atoms with van der Waals surface area (Å²) in [6.07, 6.45) is 2.55. The zero-order valence-corrected chi connectivity index (χ0v) is 22.6. The Kier molecular flexibility index (Phi) is 7.60. The third-order valence-electron chi connectivity index (χ3n) is 6.11. The topological polar surface area (TPSA) is 73.2 Å². The highest BCUT2D eigenvalue weighted by atomic mass is 35.5. The normalized spacial score (nSPS) is 15.9. The molecule has 35 heavy (non-hydrogen) atoms. The first-order valence-electron chi connectivity index (χ1n) is 11.0. The number of nitriles is 1. The minimum atomic E-state index is -3.23. The van der Waals surface area contributed by atoms with Crippen molar-refractivity contribution in [2.75, 3.05) is 11.6 Å². The number of benzene rings is 2. The molecule has 4 rings (SSSR count). The molecule has 182 valence electrons. The Labute approximate surface area is 220 Å². The Balaban J connectivity index is 1.50. The van der Waals surface area contributed by atoms with Gasteiger partial charge in [0.1, 0.15) is 11.1 Å². The van der Waals surface area contributed by atoms with E-state index in [2.05, 4.69) is 29.8 Å². The monoisotopic (exact) mass is 545 g/mol. The highest BCUT2D eigenvalue weighted by Crippen LogP contribution is 2.39. The van der Waals surface area contributed by atoms with Crippen LogP contribution >= 0.6 is 34.5 Å². The maximum atomic E-state index is 11.7. The Hall–Kier alpha value is -2.34. The number of allylic oxidation sites excluding steroid dienone is 1. The highest BCUT2D eigenvalue weighted by Gasteiger charge is 2.29. The fourth-order valence-corrected chi connectivity index (χ4v) is 6.54. The molecule has 1 aromatic heterocycles. The first-order valence-corrected chi connectivity index (χ1v) is 14.5. The molecule has 1 aliphatic rings. The van der Waals surface area contributed by atoms with E-state index in [0.29, 0.717) is 35.1 Å². The van der Waals surface area contributed by atoms with Crippen LogP contribution in [0.3, 0.4) is 0 Å². The molecule has 9 heteroatoms. The lowest BCUT2D eigenvalue weighted by molar-refractivity contribution is 0.177. The lowest BCUT2D eigenvalue weighted by Gasteiger charge is -2.33. The van der Waals surface area contributed by atoms with Gasteiger partial charge in [-0.15, -0.1) is 11.3 Å². The van der Waals surface area contributed by atoms with Gasteiger partial charge in [-0.1, -0.05) is 41.9 Å². The standard InChI is InChI=1S/C26H25Cl2N3O2S2/c1-16(10-18-4-7-21(8-5-18)35(3,32)33)30-26-22(13-29)23-15-31(17(2)11-25(23)34-26)14-19-12-20(27)6-9-24(19)28/h4-9,12,17,30H,1,10-11,14-15H2,2-3H3. The van der Waals surface area contributed by atoms with Gasteiger partial charge in [0, 0.05) is 58.0 Å². The van der Waals surface area contributed by atoms with Gasteiger partial charge in [0.2, 0.25) is 0 Å². The number of hydrogen-bond donors (Lipinski definition) is 1. The van der Waals surface area contributed by atoms with E-state index >= 15 is 0 Å². The van der Waals surface area contributed by atoms with Gasteiger partial charge in [-0.25, -0.2) is 8.42 Å². The number of nitrogens with one attached hydrogen (secondary N) is 1. The number of thiophene rings is 1. The van der Waals surface area contributed by atoms with Crippen LogP contribution in [0.2, 0.25) is 10.0 Å². The number of halogens is 2. The minimum Gasteiger partial charge on any atom is -0.350 e. The third-order valence-corrected chi connectivity index (χ3v) is 9.01. The molecule has 0 spiro atoms. The summed E-state index contributed by atoms with van der Waals surface area (Å²) in [6, 6.07) is 14.9. The van der Waals surface area contributed by atoms with E-state index in [0.717, 1.165) is 33.8 Å². The predicted octanol–water partition coefficient (Wildman–Crippen LogP) is 6.45. The van der Waals surface area contributed by atoms with Crippen LogP contribution in [0.25, 0.3) is 0 Å². The summed E-state index contributed by atoms with van der Waals surface area (Å²) in [5, 5.41) is 15.4. The number of hydrogen-bond acceptors (Lipinski definition) is 6. The second-order valence-electron chi connectivity index (χ2n) is 8.84. The van der Waals surface area contributed by atoms with Gasteiger partial charge in [0.25, 0.3) is 0 Å². The van der Waals surface area contributed by atoms with Crippen LogP contribution < -0.4 is 5.32 Å². The second-order valence-corrected chi connectivity index (χ2v) is 12.8. The summed E-state index contributed by atoms with van der Waals surface area (Å²) in [6.45, 7) is 7.62. The summed E-state index contributed by atoms with van der Waals surface area (Å²) in [4.78, 5) is 3.81. The third kappa shape index (κ3) is 5.91. The molecule has 0 fully saturated rings. The average Bonchev–Trinajstić information content (AvgIpc) is 3.11. The number of anilines is 1. The Bertz CT molecular complexity index is 1420. The van der Waals surface area contributed by atoms with Gasteiger partial charge in [-0.05, 0) is 54.8 Å². The van der Waals surface area contributed by atoms with Gasteiger partial charge in [0.15, 0.2) is 9.84 Å². The molecule has 5 nitrogen and oxygen atoms in total. The number of rotatable bonds is 7. The van der Waals surface area contributed by atoms with Crippen molar-refractivity contribution in [3.63, 3.8) is 0 Å². The Morgan fingerprint density at radius 3 is 2.63 bits per heavy atom. The zero-order valence-electron chi connectivity index (χ0n) is 19.4. The average molecular weight is 547 g/mol. The molecule has 1 unspecified atom stereocenters. The van der Waals surface area contributed by atoms with Crippen molar-refractivity contribution in [3.05, 3.63) is 91.9 Å². The highest BCUT2D eigenvalue weighted by molar-refractivity contribution is 7.90. The van der Waals surface area contributed by atoms with E-state index in [9.17, 15) is 13.7 Å². The maximum Gasteiger partial charge on any atom is 0.175 e. The van der Waals surface area contributed by atoms with E-state index in [1.807, 2.05) is 12.1 Å².